The first kappa shape index (κ1) is 14.4. The molecule has 0 unspecified atom stereocenters. The molecule has 108 valence electrons. The van der Waals surface area contributed by atoms with Crippen molar-refractivity contribution in [1.29, 1.82) is 0 Å². The van der Waals surface area contributed by atoms with E-state index in [-0.39, 0.29) is 17.9 Å². The van der Waals surface area contributed by atoms with Gasteiger partial charge >= 0.3 is 5.97 Å². The molecular formula is C15H14N2O4. The lowest BCUT2D eigenvalue weighted by molar-refractivity contribution is 0.0691. The fourth-order valence-electron chi connectivity index (χ4n) is 1.82. The molecule has 6 heteroatoms. The van der Waals surface area contributed by atoms with Gasteiger partial charge in [0.15, 0.2) is 0 Å². The van der Waals surface area contributed by atoms with Crippen molar-refractivity contribution in [3.05, 3.63) is 59.2 Å². The predicted octanol–water partition coefficient (Wildman–Crippen LogP) is 1.64. The summed E-state index contributed by atoms with van der Waals surface area (Å²) in [7, 11) is 0. The van der Waals surface area contributed by atoms with Gasteiger partial charge in [0.05, 0.1) is 0 Å². The molecule has 0 atom stereocenters. The van der Waals surface area contributed by atoms with E-state index in [1.54, 1.807) is 30.3 Å². The molecule has 0 bridgehead atoms. The van der Waals surface area contributed by atoms with Crippen LogP contribution in [0.3, 0.4) is 0 Å². The number of anilines is 1. The van der Waals surface area contributed by atoms with Crippen LogP contribution in [0.5, 0.6) is 5.75 Å². The van der Waals surface area contributed by atoms with E-state index in [0.717, 1.165) is 0 Å². The van der Waals surface area contributed by atoms with Gasteiger partial charge in [-0.3, -0.25) is 4.79 Å². The summed E-state index contributed by atoms with van der Waals surface area (Å²) >= 11 is 0. The van der Waals surface area contributed by atoms with Crippen LogP contribution in [0, 0.1) is 0 Å². The molecule has 21 heavy (non-hydrogen) atoms. The zero-order valence-electron chi connectivity index (χ0n) is 11.1. The smallest absolute Gasteiger partial charge is 0.339 e. The highest BCUT2D eigenvalue weighted by atomic mass is 16.5. The van der Waals surface area contributed by atoms with Crippen LogP contribution in [0.1, 0.15) is 26.3 Å². The molecule has 0 spiro atoms. The Morgan fingerprint density at radius 3 is 2.57 bits per heavy atom. The van der Waals surface area contributed by atoms with Crippen molar-refractivity contribution in [1.82, 2.24) is 0 Å². The van der Waals surface area contributed by atoms with E-state index >= 15 is 0 Å². The van der Waals surface area contributed by atoms with Crippen LogP contribution < -0.4 is 16.2 Å². The van der Waals surface area contributed by atoms with Crippen LogP contribution >= 0.6 is 0 Å². The van der Waals surface area contributed by atoms with E-state index in [1.165, 1.54) is 12.1 Å². The highest BCUT2D eigenvalue weighted by Gasteiger charge is 2.12. The van der Waals surface area contributed by atoms with Gasteiger partial charge in [-0.2, -0.15) is 0 Å². The second-order valence-corrected chi connectivity index (χ2v) is 4.41. The number of nitrogens with two attached hydrogens (primary N) is 2. The summed E-state index contributed by atoms with van der Waals surface area (Å²) in [6.07, 6.45) is 0. The minimum atomic E-state index is -1.12. The minimum absolute atomic E-state index is 0.0129. The molecule has 0 heterocycles. The Morgan fingerprint density at radius 2 is 1.90 bits per heavy atom. The zero-order valence-corrected chi connectivity index (χ0v) is 11.1. The lowest BCUT2D eigenvalue weighted by Gasteiger charge is -2.10. The first-order valence-corrected chi connectivity index (χ1v) is 6.11. The maximum absolute atomic E-state index is 11.1. The average molecular weight is 286 g/mol. The molecule has 1 amide bonds. The Labute approximate surface area is 120 Å². The molecule has 2 rings (SSSR count). The standard InChI is InChI=1S/C15H14N2O4/c16-11-4-5-13(12(7-11)15(19)20)21-8-9-2-1-3-10(6-9)14(17)18/h1-7H,8,16H2,(H2,17,18)(H,19,20). The van der Waals surface area contributed by atoms with Gasteiger partial charge in [-0.05, 0) is 35.9 Å². The predicted molar refractivity (Wildman–Crippen MR) is 77.1 cm³/mol. The van der Waals surface area contributed by atoms with E-state index in [1.807, 2.05) is 0 Å². The van der Waals surface area contributed by atoms with Crippen molar-refractivity contribution >= 4 is 17.6 Å². The van der Waals surface area contributed by atoms with Crippen LogP contribution in [0.25, 0.3) is 0 Å². The molecule has 6 nitrogen and oxygen atoms in total. The summed E-state index contributed by atoms with van der Waals surface area (Å²) in [6, 6.07) is 11.0. The number of primary amides is 1. The summed E-state index contributed by atoms with van der Waals surface area (Å²) in [5, 5.41) is 9.11. The maximum atomic E-state index is 11.1. The minimum Gasteiger partial charge on any atom is -0.488 e. The number of carbonyl (C=O) groups excluding carboxylic acids is 1. The fourth-order valence-corrected chi connectivity index (χ4v) is 1.82. The molecule has 2 aromatic rings. The van der Waals surface area contributed by atoms with Crippen molar-refractivity contribution in [3.63, 3.8) is 0 Å². The van der Waals surface area contributed by atoms with E-state index in [2.05, 4.69) is 0 Å². The Balaban J connectivity index is 2.18. The molecular weight excluding hydrogens is 272 g/mol. The zero-order chi connectivity index (χ0) is 15.4. The number of hydrogen-bond acceptors (Lipinski definition) is 4. The molecule has 0 aromatic heterocycles. The third-order valence-corrected chi connectivity index (χ3v) is 2.84. The highest BCUT2D eigenvalue weighted by molar-refractivity contribution is 5.93. The van der Waals surface area contributed by atoms with E-state index < -0.39 is 11.9 Å². The van der Waals surface area contributed by atoms with Gasteiger partial charge in [-0.1, -0.05) is 12.1 Å². The molecule has 0 aliphatic heterocycles. The first-order valence-electron chi connectivity index (χ1n) is 6.11. The van der Waals surface area contributed by atoms with Crippen molar-refractivity contribution in [2.75, 3.05) is 5.73 Å². The lowest BCUT2D eigenvalue weighted by atomic mass is 10.1. The Kier molecular flexibility index (Phi) is 4.08. The second-order valence-electron chi connectivity index (χ2n) is 4.41. The summed E-state index contributed by atoms with van der Waals surface area (Å²) in [5.41, 5.74) is 12.2. The second kappa shape index (κ2) is 5.96. The Morgan fingerprint density at radius 1 is 1.14 bits per heavy atom. The third kappa shape index (κ3) is 3.50. The summed E-state index contributed by atoms with van der Waals surface area (Å²) in [6.45, 7) is 0.116. The van der Waals surface area contributed by atoms with Gasteiger partial charge in [0, 0.05) is 11.3 Å². The topological polar surface area (TPSA) is 116 Å². The van der Waals surface area contributed by atoms with Crippen LogP contribution in [0.4, 0.5) is 5.69 Å². The van der Waals surface area contributed by atoms with Crippen LogP contribution in [0.15, 0.2) is 42.5 Å². The molecule has 0 radical (unpaired) electrons. The van der Waals surface area contributed by atoms with Crippen molar-refractivity contribution in [3.8, 4) is 5.75 Å². The van der Waals surface area contributed by atoms with Crippen LogP contribution in [0.2, 0.25) is 0 Å². The number of hydrogen-bond donors (Lipinski definition) is 3. The Bertz CT molecular complexity index is 698. The first-order chi connectivity index (χ1) is 9.97. The van der Waals surface area contributed by atoms with E-state index in [4.69, 9.17) is 21.3 Å². The monoisotopic (exact) mass is 286 g/mol. The molecule has 0 aliphatic rings. The number of rotatable bonds is 5. The lowest BCUT2D eigenvalue weighted by Crippen LogP contribution is -2.11. The number of aromatic carboxylic acids is 1. The number of amides is 1. The van der Waals surface area contributed by atoms with Crippen molar-refractivity contribution in [2.45, 2.75) is 6.61 Å². The van der Waals surface area contributed by atoms with Gasteiger partial charge in [0.1, 0.15) is 17.9 Å². The number of carboxylic acids is 1. The molecule has 0 saturated carbocycles. The molecule has 2 aromatic carbocycles. The summed E-state index contributed by atoms with van der Waals surface area (Å²) in [5.74, 6) is -1.44. The summed E-state index contributed by atoms with van der Waals surface area (Å²) in [4.78, 5) is 22.2. The molecule has 0 fully saturated rings. The average Bonchev–Trinajstić information content (AvgIpc) is 2.46. The normalized spacial score (nSPS) is 10.1. The highest BCUT2D eigenvalue weighted by Crippen LogP contribution is 2.22. The van der Waals surface area contributed by atoms with Gasteiger partial charge in [-0.15, -0.1) is 0 Å². The third-order valence-electron chi connectivity index (χ3n) is 2.84. The number of carbonyl (C=O) groups is 2. The maximum Gasteiger partial charge on any atom is 0.339 e. The van der Waals surface area contributed by atoms with E-state index in [0.29, 0.717) is 16.8 Å². The Hall–Kier alpha value is -3.02. The largest absolute Gasteiger partial charge is 0.488 e. The molecule has 0 saturated heterocycles. The van der Waals surface area contributed by atoms with Gasteiger partial charge < -0.3 is 21.3 Å². The van der Waals surface area contributed by atoms with Crippen LogP contribution in [-0.2, 0) is 6.61 Å². The molecule has 0 aliphatic carbocycles. The number of nitrogen functional groups attached to an aromatic ring is 1. The van der Waals surface area contributed by atoms with E-state index in [9.17, 15) is 9.59 Å². The number of ether oxygens (including phenoxy) is 1. The number of benzene rings is 2. The van der Waals surface area contributed by atoms with Crippen molar-refractivity contribution < 1.29 is 19.4 Å². The molecule has 5 N–H and O–H groups in total. The van der Waals surface area contributed by atoms with Crippen molar-refractivity contribution in [2.24, 2.45) is 5.73 Å². The SMILES string of the molecule is NC(=O)c1cccc(COc2ccc(N)cc2C(=O)O)c1. The number of carboxylic acid groups (broad SMARTS) is 1. The van der Waals surface area contributed by atoms with Crippen LogP contribution in [-0.4, -0.2) is 17.0 Å². The quantitative estimate of drug-likeness (QED) is 0.723. The van der Waals surface area contributed by atoms with Gasteiger partial charge in [-0.25, -0.2) is 4.79 Å². The van der Waals surface area contributed by atoms with Gasteiger partial charge in [0.2, 0.25) is 5.91 Å². The van der Waals surface area contributed by atoms with Gasteiger partial charge in [0.25, 0.3) is 0 Å². The summed E-state index contributed by atoms with van der Waals surface area (Å²) < 4.78 is 5.49. The fraction of sp³-hybridized carbons (Fsp3) is 0.0667.